The highest BCUT2D eigenvalue weighted by Gasteiger charge is 2.11. The summed E-state index contributed by atoms with van der Waals surface area (Å²) in [6.07, 6.45) is 4.57. The van der Waals surface area contributed by atoms with Crippen LogP contribution in [-0.2, 0) is 0 Å². The molecule has 144 valence electrons. The van der Waals surface area contributed by atoms with E-state index < -0.39 is 0 Å². The summed E-state index contributed by atoms with van der Waals surface area (Å²) in [5, 5.41) is 5.14. The molecule has 3 aromatic rings. The van der Waals surface area contributed by atoms with Crippen LogP contribution in [-0.4, -0.2) is 43.0 Å². The van der Waals surface area contributed by atoms with E-state index in [1.807, 2.05) is 42.5 Å². The molecule has 2 aromatic carbocycles. The summed E-state index contributed by atoms with van der Waals surface area (Å²) in [5.74, 6) is -0.0355. The number of nitrogens with one attached hydrogen (secondary N) is 1. The fraction of sp³-hybridized carbons (Fsp3) is 0.364. The summed E-state index contributed by atoms with van der Waals surface area (Å²) in [4.78, 5) is 19.5. The molecule has 0 spiro atoms. The summed E-state index contributed by atoms with van der Waals surface area (Å²) < 4.78 is 0. The molecule has 5 heteroatoms. The van der Waals surface area contributed by atoms with Gasteiger partial charge in [0, 0.05) is 17.3 Å². The fourth-order valence-corrected chi connectivity index (χ4v) is 3.19. The van der Waals surface area contributed by atoms with E-state index in [9.17, 15) is 4.79 Å². The highest BCUT2D eigenvalue weighted by atomic mass is 35.5. The highest BCUT2D eigenvalue weighted by Crippen LogP contribution is 2.22. The Labute approximate surface area is 167 Å². The van der Waals surface area contributed by atoms with Crippen LogP contribution in [0.4, 0.5) is 0 Å². The van der Waals surface area contributed by atoms with Crippen molar-refractivity contribution >= 4 is 40.1 Å². The first-order valence-electron chi connectivity index (χ1n) is 9.36. The SMILES string of the molecule is CN(C)CCCCCCNC(=O)c1cccc2cc3ccccc3nc12.Cl. The van der Waals surface area contributed by atoms with Crippen molar-refractivity contribution in [3.05, 3.63) is 54.1 Å². The second kappa shape index (κ2) is 10.2. The number of pyridine rings is 1. The standard InChI is InChI=1S/C22H27N3O.ClH/c1-25(2)15-8-4-3-7-14-23-22(26)19-12-9-11-18-16-17-10-5-6-13-20(17)24-21(18)19;/h5-6,9-13,16H,3-4,7-8,14-15H2,1-2H3,(H,23,26);1H. The molecule has 1 heterocycles. The smallest absolute Gasteiger partial charge is 0.253 e. The maximum atomic E-state index is 12.6. The summed E-state index contributed by atoms with van der Waals surface area (Å²) in [7, 11) is 4.20. The van der Waals surface area contributed by atoms with E-state index in [0.717, 1.165) is 41.2 Å². The van der Waals surface area contributed by atoms with Crippen LogP contribution in [0, 0.1) is 0 Å². The van der Waals surface area contributed by atoms with Gasteiger partial charge < -0.3 is 10.2 Å². The monoisotopic (exact) mass is 385 g/mol. The normalized spacial score (nSPS) is 10.9. The molecule has 0 unspecified atom stereocenters. The number of hydrogen-bond acceptors (Lipinski definition) is 3. The molecule has 1 N–H and O–H groups in total. The van der Waals surface area contributed by atoms with Gasteiger partial charge in [-0.2, -0.15) is 0 Å². The van der Waals surface area contributed by atoms with Crippen LogP contribution in [0.1, 0.15) is 36.0 Å². The van der Waals surface area contributed by atoms with Crippen LogP contribution < -0.4 is 5.32 Å². The number of carbonyl (C=O) groups is 1. The Morgan fingerprint density at radius 3 is 2.52 bits per heavy atom. The van der Waals surface area contributed by atoms with Gasteiger partial charge in [-0.3, -0.25) is 4.79 Å². The third-order valence-corrected chi connectivity index (χ3v) is 4.61. The zero-order valence-electron chi connectivity index (χ0n) is 16.1. The van der Waals surface area contributed by atoms with E-state index in [2.05, 4.69) is 30.4 Å². The molecule has 3 rings (SSSR count). The summed E-state index contributed by atoms with van der Waals surface area (Å²) in [5.41, 5.74) is 2.34. The second-order valence-electron chi connectivity index (χ2n) is 7.03. The van der Waals surface area contributed by atoms with E-state index in [1.54, 1.807) is 0 Å². The molecule has 0 aliphatic heterocycles. The Hall–Kier alpha value is -2.17. The van der Waals surface area contributed by atoms with Gasteiger partial charge in [0.2, 0.25) is 0 Å². The van der Waals surface area contributed by atoms with E-state index in [-0.39, 0.29) is 18.3 Å². The topological polar surface area (TPSA) is 45.2 Å². The average Bonchev–Trinajstić information content (AvgIpc) is 2.64. The van der Waals surface area contributed by atoms with Crippen molar-refractivity contribution in [1.82, 2.24) is 15.2 Å². The van der Waals surface area contributed by atoms with Gasteiger partial charge in [0.1, 0.15) is 0 Å². The molecule has 1 amide bonds. The highest BCUT2D eigenvalue weighted by molar-refractivity contribution is 6.07. The van der Waals surface area contributed by atoms with E-state index in [0.29, 0.717) is 12.1 Å². The summed E-state index contributed by atoms with van der Waals surface area (Å²) in [6.45, 7) is 1.84. The Kier molecular flexibility index (Phi) is 8.01. The Balaban J connectivity index is 0.00000261. The van der Waals surface area contributed by atoms with E-state index in [4.69, 9.17) is 4.98 Å². The maximum Gasteiger partial charge on any atom is 0.253 e. The summed E-state index contributed by atoms with van der Waals surface area (Å²) >= 11 is 0. The predicted octanol–water partition coefficient (Wildman–Crippen LogP) is 4.66. The predicted molar refractivity (Wildman–Crippen MR) is 116 cm³/mol. The first-order chi connectivity index (χ1) is 12.6. The first-order valence-corrected chi connectivity index (χ1v) is 9.36. The Morgan fingerprint density at radius 2 is 1.70 bits per heavy atom. The van der Waals surface area contributed by atoms with Gasteiger partial charge in [-0.05, 0) is 51.7 Å². The zero-order chi connectivity index (χ0) is 18.4. The lowest BCUT2D eigenvalue weighted by atomic mass is 10.1. The molecule has 27 heavy (non-hydrogen) atoms. The lowest BCUT2D eigenvalue weighted by Crippen LogP contribution is -2.24. The number of amides is 1. The molecular weight excluding hydrogens is 358 g/mol. The van der Waals surface area contributed by atoms with Gasteiger partial charge in [-0.1, -0.05) is 43.2 Å². The lowest BCUT2D eigenvalue weighted by molar-refractivity contribution is 0.0954. The van der Waals surface area contributed by atoms with Crippen molar-refractivity contribution in [1.29, 1.82) is 0 Å². The number of fused-ring (bicyclic) bond motifs is 2. The molecule has 1 aromatic heterocycles. The van der Waals surface area contributed by atoms with Gasteiger partial charge in [-0.15, -0.1) is 12.4 Å². The lowest BCUT2D eigenvalue weighted by Gasteiger charge is -2.10. The molecule has 0 bridgehead atoms. The molecule has 0 fully saturated rings. The van der Waals surface area contributed by atoms with E-state index >= 15 is 0 Å². The van der Waals surface area contributed by atoms with Crippen LogP contribution in [0.5, 0.6) is 0 Å². The van der Waals surface area contributed by atoms with Crippen molar-refractivity contribution in [2.24, 2.45) is 0 Å². The minimum Gasteiger partial charge on any atom is -0.352 e. The van der Waals surface area contributed by atoms with Gasteiger partial charge in [0.15, 0.2) is 0 Å². The quantitative estimate of drug-likeness (QED) is 0.453. The van der Waals surface area contributed by atoms with Gasteiger partial charge in [0.25, 0.3) is 5.91 Å². The van der Waals surface area contributed by atoms with Crippen LogP contribution in [0.15, 0.2) is 48.5 Å². The van der Waals surface area contributed by atoms with Gasteiger partial charge >= 0.3 is 0 Å². The van der Waals surface area contributed by atoms with Gasteiger partial charge in [0.05, 0.1) is 16.6 Å². The van der Waals surface area contributed by atoms with Crippen molar-refractivity contribution in [2.75, 3.05) is 27.2 Å². The number of carbonyl (C=O) groups excluding carboxylic acids is 1. The number of rotatable bonds is 8. The number of unbranched alkanes of at least 4 members (excludes halogenated alkanes) is 3. The number of halogens is 1. The van der Waals surface area contributed by atoms with Gasteiger partial charge in [-0.25, -0.2) is 4.98 Å². The fourth-order valence-electron chi connectivity index (χ4n) is 3.19. The zero-order valence-corrected chi connectivity index (χ0v) is 16.9. The molecule has 0 saturated carbocycles. The van der Waals surface area contributed by atoms with Crippen LogP contribution in [0.2, 0.25) is 0 Å². The second-order valence-corrected chi connectivity index (χ2v) is 7.03. The van der Waals surface area contributed by atoms with Crippen molar-refractivity contribution in [2.45, 2.75) is 25.7 Å². The van der Waals surface area contributed by atoms with Crippen LogP contribution in [0.3, 0.4) is 0 Å². The molecule has 4 nitrogen and oxygen atoms in total. The van der Waals surface area contributed by atoms with Crippen molar-refractivity contribution < 1.29 is 4.79 Å². The molecule has 0 aliphatic rings. The van der Waals surface area contributed by atoms with Crippen LogP contribution in [0.25, 0.3) is 21.8 Å². The Bertz CT molecular complexity index is 895. The minimum absolute atomic E-state index is 0. The number of hydrogen-bond donors (Lipinski definition) is 1. The maximum absolute atomic E-state index is 12.6. The number of nitrogens with zero attached hydrogens (tertiary/aromatic N) is 2. The summed E-state index contributed by atoms with van der Waals surface area (Å²) in [6, 6.07) is 15.9. The van der Waals surface area contributed by atoms with Crippen LogP contribution >= 0.6 is 12.4 Å². The number of benzene rings is 2. The van der Waals surface area contributed by atoms with E-state index in [1.165, 1.54) is 12.8 Å². The number of aromatic nitrogens is 1. The largest absolute Gasteiger partial charge is 0.352 e. The molecular formula is C22H28ClN3O. The Morgan fingerprint density at radius 1 is 0.963 bits per heavy atom. The molecule has 0 saturated heterocycles. The first kappa shape index (κ1) is 21.1. The van der Waals surface area contributed by atoms with Crippen molar-refractivity contribution in [3.63, 3.8) is 0 Å². The molecule has 0 aliphatic carbocycles. The third kappa shape index (κ3) is 5.65. The minimum atomic E-state index is -0.0355. The average molecular weight is 386 g/mol. The number of para-hydroxylation sites is 2. The molecule has 0 atom stereocenters. The molecule has 0 radical (unpaired) electrons. The third-order valence-electron chi connectivity index (χ3n) is 4.61. The van der Waals surface area contributed by atoms with Crippen molar-refractivity contribution in [3.8, 4) is 0 Å².